The van der Waals surface area contributed by atoms with Crippen LogP contribution in [0.4, 0.5) is 0 Å². The van der Waals surface area contributed by atoms with Crippen molar-refractivity contribution in [1.29, 1.82) is 0 Å². The Morgan fingerprint density at radius 1 is 0.759 bits per heavy atom. The fourth-order valence-corrected chi connectivity index (χ4v) is 3.45. The van der Waals surface area contributed by atoms with E-state index in [0.717, 1.165) is 0 Å². The topological polar surface area (TPSA) is 179 Å². The van der Waals surface area contributed by atoms with Gasteiger partial charge in [-0.05, 0) is 19.8 Å². The zero-order chi connectivity index (χ0) is 21.9. The van der Waals surface area contributed by atoms with E-state index in [1.54, 1.807) is 0 Å². The first kappa shape index (κ1) is 24.8. The molecular formula is C18H34O11. The third kappa shape index (κ3) is 5.25. The number of rotatable bonds is 8. The Morgan fingerprint density at radius 3 is 1.79 bits per heavy atom. The molecule has 11 heteroatoms. The Balaban J connectivity index is 2.15. The lowest BCUT2D eigenvalue weighted by Gasteiger charge is -2.47. The smallest absolute Gasteiger partial charge is 0.187 e. The summed E-state index contributed by atoms with van der Waals surface area (Å²) in [5, 5.41) is 69.8. The predicted octanol–water partition coefficient (Wildman–Crippen LogP) is -2.79. The highest BCUT2D eigenvalue weighted by Crippen LogP contribution is 2.32. The van der Waals surface area contributed by atoms with E-state index in [2.05, 4.69) is 0 Å². The number of aliphatic hydroxyl groups excluding tert-OH is 7. The molecule has 0 saturated carbocycles. The van der Waals surface area contributed by atoms with Gasteiger partial charge in [0.05, 0.1) is 18.8 Å². The van der Waals surface area contributed by atoms with Crippen LogP contribution in [0.3, 0.4) is 0 Å². The summed E-state index contributed by atoms with van der Waals surface area (Å²) in [6, 6.07) is 0. The van der Waals surface area contributed by atoms with Gasteiger partial charge >= 0.3 is 0 Å². The van der Waals surface area contributed by atoms with Crippen LogP contribution >= 0.6 is 0 Å². The van der Waals surface area contributed by atoms with Gasteiger partial charge in [0.2, 0.25) is 0 Å². The van der Waals surface area contributed by atoms with E-state index in [1.165, 1.54) is 0 Å². The van der Waals surface area contributed by atoms with Crippen LogP contribution < -0.4 is 0 Å². The molecule has 2 rings (SSSR count). The standard InChI is InChI=1S/C18H34O11/c1-4-18(3,5-2)29-15-9(7-20)27-17(13(24)11(15)22)28-14-8(6-19)26-16(25)12(23)10(14)21/h8-17,19-25H,4-7H2,1-3H3. The molecule has 0 aromatic heterocycles. The highest BCUT2D eigenvalue weighted by Gasteiger charge is 2.51. The highest BCUT2D eigenvalue weighted by atomic mass is 16.7. The SMILES string of the molecule is CCC(C)(CC)OC1C(CO)OC(OC2C(CO)OC(O)C(O)C2O)C(O)C1O. The molecule has 2 heterocycles. The second-order valence-corrected chi connectivity index (χ2v) is 7.78. The Kier molecular flexibility index (Phi) is 8.77. The maximum absolute atomic E-state index is 10.6. The van der Waals surface area contributed by atoms with Crippen LogP contribution in [0.15, 0.2) is 0 Å². The van der Waals surface area contributed by atoms with Gasteiger partial charge < -0.3 is 54.7 Å². The third-order valence-corrected chi connectivity index (χ3v) is 5.87. The van der Waals surface area contributed by atoms with Crippen molar-refractivity contribution < 1.29 is 54.7 Å². The van der Waals surface area contributed by atoms with Crippen molar-refractivity contribution in [2.45, 2.75) is 101 Å². The Labute approximate surface area is 169 Å². The number of ether oxygens (including phenoxy) is 4. The third-order valence-electron chi connectivity index (χ3n) is 5.87. The van der Waals surface area contributed by atoms with Crippen molar-refractivity contribution >= 4 is 0 Å². The van der Waals surface area contributed by atoms with Gasteiger partial charge in [-0.2, -0.15) is 0 Å². The normalized spacial score (nSPS) is 44.1. The van der Waals surface area contributed by atoms with Crippen LogP contribution in [0, 0.1) is 0 Å². The average Bonchev–Trinajstić information content (AvgIpc) is 2.72. The molecule has 10 atom stereocenters. The first-order valence-electron chi connectivity index (χ1n) is 9.88. The minimum absolute atomic E-state index is 0.535. The molecule has 172 valence electrons. The first-order valence-corrected chi connectivity index (χ1v) is 9.88. The zero-order valence-corrected chi connectivity index (χ0v) is 16.9. The van der Waals surface area contributed by atoms with E-state index in [1.807, 2.05) is 20.8 Å². The zero-order valence-electron chi connectivity index (χ0n) is 16.9. The molecule has 2 aliphatic heterocycles. The number of hydrogen-bond acceptors (Lipinski definition) is 11. The monoisotopic (exact) mass is 426 g/mol. The molecule has 2 aliphatic rings. The van der Waals surface area contributed by atoms with E-state index in [-0.39, 0.29) is 0 Å². The molecule has 2 saturated heterocycles. The van der Waals surface area contributed by atoms with Crippen molar-refractivity contribution in [1.82, 2.24) is 0 Å². The van der Waals surface area contributed by atoms with Crippen molar-refractivity contribution in [3.63, 3.8) is 0 Å². The molecule has 2 fully saturated rings. The van der Waals surface area contributed by atoms with Crippen LogP contribution in [-0.2, 0) is 18.9 Å². The molecule has 0 radical (unpaired) electrons. The minimum atomic E-state index is -1.73. The highest BCUT2D eigenvalue weighted by molar-refractivity contribution is 4.95. The van der Waals surface area contributed by atoms with Crippen LogP contribution in [0.2, 0.25) is 0 Å². The average molecular weight is 426 g/mol. The summed E-state index contributed by atoms with van der Waals surface area (Å²) in [6.07, 6.45) is -13.1. The molecule has 10 unspecified atom stereocenters. The summed E-state index contributed by atoms with van der Waals surface area (Å²) in [6.45, 7) is 4.48. The molecule has 29 heavy (non-hydrogen) atoms. The lowest BCUT2D eigenvalue weighted by Crippen LogP contribution is -2.65. The van der Waals surface area contributed by atoms with Crippen LogP contribution in [0.1, 0.15) is 33.6 Å². The molecule has 0 aromatic rings. The maximum atomic E-state index is 10.6. The molecule has 0 aliphatic carbocycles. The van der Waals surface area contributed by atoms with Crippen molar-refractivity contribution in [3.05, 3.63) is 0 Å². The summed E-state index contributed by atoms with van der Waals surface area (Å²) in [5.74, 6) is 0. The van der Waals surface area contributed by atoms with Crippen molar-refractivity contribution in [2.24, 2.45) is 0 Å². The fraction of sp³-hybridized carbons (Fsp3) is 1.00. The number of aliphatic hydroxyl groups is 7. The van der Waals surface area contributed by atoms with E-state index in [4.69, 9.17) is 18.9 Å². The van der Waals surface area contributed by atoms with Crippen LogP contribution in [-0.4, -0.2) is 116 Å². The Bertz CT molecular complexity index is 498. The molecular weight excluding hydrogens is 392 g/mol. The van der Waals surface area contributed by atoms with Gasteiger partial charge in [0.25, 0.3) is 0 Å². The predicted molar refractivity (Wildman–Crippen MR) is 96.5 cm³/mol. The van der Waals surface area contributed by atoms with E-state index < -0.39 is 80.2 Å². The van der Waals surface area contributed by atoms with Crippen LogP contribution in [0.5, 0.6) is 0 Å². The Morgan fingerprint density at radius 2 is 1.28 bits per heavy atom. The lowest BCUT2D eigenvalue weighted by molar-refractivity contribution is -0.362. The summed E-state index contributed by atoms with van der Waals surface area (Å²) in [5.41, 5.74) is -0.606. The summed E-state index contributed by atoms with van der Waals surface area (Å²) in [4.78, 5) is 0. The lowest BCUT2D eigenvalue weighted by atomic mass is 9.94. The van der Waals surface area contributed by atoms with E-state index in [9.17, 15) is 35.7 Å². The van der Waals surface area contributed by atoms with Crippen molar-refractivity contribution in [2.75, 3.05) is 13.2 Å². The second-order valence-electron chi connectivity index (χ2n) is 7.78. The van der Waals surface area contributed by atoms with Gasteiger partial charge in [0.1, 0.15) is 48.8 Å². The van der Waals surface area contributed by atoms with Crippen LogP contribution in [0.25, 0.3) is 0 Å². The molecule has 0 amide bonds. The van der Waals surface area contributed by atoms with E-state index in [0.29, 0.717) is 12.8 Å². The first-order chi connectivity index (χ1) is 13.6. The second kappa shape index (κ2) is 10.2. The summed E-state index contributed by atoms with van der Waals surface area (Å²) < 4.78 is 22.0. The Hall–Kier alpha value is -0.440. The maximum Gasteiger partial charge on any atom is 0.187 e. The van der Waals surface area contributed by atoms with Crippen molar-refractivity contribution in [3.8, 4) is 0 Å². The summed E-state index contributed by atoms with van der Waals surface area (Å²) >= 11 is 0. The summed E-state index contributed by atoms with van der Waals surface area (Å²) in [7, 11) is 0. The molecule has 0 aromatic carbocycles. The fourth-order valence-electron chi connectivity index (χ4n) is 3.45. The molecule has 0 bridgehead atoms. The van der Waals surface area contributed by atoms with Gasteiger partial charge in [0.15, 0.2) is 12.6 Å². The van der Waals surface area contributed by atoms with E-state index >= 15 is 0 Å². The number of hydrogen-bond donors (Lipinski definition) is 7. The molecule has 0 spiro atoms. The van der Waals surface area contributed by atoms with Gasteiger partial charge in [-0.25, -0.2) is 0 Å². The van der Waals surface area contributed by atoms with Gasteiger partial charge in [-0.1, -0.05) is 13.8 Å². The van der Waals surface area contributed by atoms with Gasteiger partial charge in [-0.3, -0.25) is 0 Å². The largest absolute Gasteiger partial charge is 0.394 e. The minimum Gasteiger partial charge on any atom is -0.394 e. The quantitative estimate of drug-likeness (QED) is 0.213. The molecule has 11 nitrogen and oxygen atoms in total. The van der Waals surface area contributed by atoms with Gasteiger partial charge in [-0.15, -0.1) is 0 Å². The molecule has 7 N–H and O–H groups in total. The van der Waals surface area contributed by atoms with Gasteiger partial charge in [0, 0.05) is 0 Å².